The third-order valence-electron chi connectivity index (χ3n) is 4.69. The summed E-state index contributed by atoms with van der Waals surface area (Å²) in [4.78, 5) is 17.4. The number of unbranched alkanes of at least 4 members (excludes halogenated alkanes) is 2. The van der Waals surface area contributed by atoms with Gasteiger partial charge in [0.05, 0.1) is 16.7 Å². The zero-order chi connectivity index (χ0) is 21.7. The molecule has 3 rings (SSSR count). The number of carbonyl (C=O) groups is 1. The minimum atomic E-state index is -0.334. The molecule has 0 saturated heterocycles. The van der Waals surface area contributed by atoms with Gasteiger partial charge in [-0.25, -0.2) is 9.67 Å². The number of amides is 1. The fraction of sp³-hybridized carbons (Fsp3) is 0.273. The molecule has 0 aliphatic carbocycles. The van der Waals surface area contributed by atoms with Gasteiger partial charge in [-0.1, -0.05) is 31.4 Å². The monoisotopic (exact) mass is 485 g/mol. The fourth-order valence-electron chi connectivity index (χ4n) is 3.25. The van der Waals surface area contributed by atoms with Crippen LogP contribution in [0.4, 0.5) is 5.69 Å². The summed E-state index contributed by atoms with van der Waals surface area (Å²) in [6.07, 6.45) is 5.54. The van der Waals surface area contributed by atoms with Crippen molar-refractivity contribution >= 4 is 39.1 Å². The van der Waals surface area contributed by atoms with Gasteiger partial charge in [0.15, 0.2) is 5.82 Å². The van der Waals surface area contributed by atoms with Gasteiger partial charge >= 0.3 is 0 Å². The number of hydrogen-bond acceptors (Lipinski definition) is 4. The molecular formula is C22H21BrClN5O. The van der Waals surface area contributed by atoms with Gasteiger partial charge in [-0.15, -0.1) is 0 Å². The Morgan fingerprint density at radius 1 is 1.33 bits per heavy atom. The minimum Gasteiger partial charge on any atom is -0.320 e. The standard InChI is InChI=1S/C22H21BrClN5O/c1-3-4-5-7-16-11-15(13-25)10-14(2)20(16)27-22(30)18-12-19(23)28-29(18)21-17(24)8-6-9-26-21/h6,8-12H,3-5,7H2,1-2H3,(H,27,30). The zero-order valence-corrected chi connectivity index (χ0v) is 19.1. The van der Waals surface area contributed by atoms with Gasteiger partial charge in [-0.3, -0.25) is 4.79 Å². The Morgan fingerprint density at radius 3 is 2.83 bits per heavy atom. The highest BCUT2D eigenvalue weighted by Crippen LogP contribution is 2.27. The van der Waals surface area contributed by atoms with Crippen LogP contribution in [0.25, 0.3) is 5.82 Å². The normalized spacial score (nSPS) is 10.6. The zero-order valence-electron chi connectivity index (χ0n) is 16.7. The van der Waals surface area contributed by atoms with Crippen LogP contribution in [-0.4, -0.2) is 20.7 Å². The van der Waals surface area contributed by atoms with Crippen molar-refractivity contribution in [3.05, 3.63) is 68.5 Å². The van der Waals surface area contributed by atoms with Crippen molar-refractivity contribution in [2.75, 3.05) is 5.32 Å². The lowest BCUT2D eigenvalue weighted by molar-refractivity contribution is 0.101. The second-order valence-corrected chi connectivity index (χ2v) is 8.14. The molecule has 2 heterocycles. The maximum Gasteiger partial charge on any atom is 0.274 e. The van der Waals surface area contributed by atoms with Gasteiger partial charge < -0.3 is 5.32 Å². The number of hydrogen-bond donors (Lipinski definition) is 1. The van der Waals surface area contributed by atoms with Gasteiger partial charge in [-0.05, 0) is 71.1 Å². The molecule has 2 aromatic heterocycles. The second kappa shape index (κ2) is 9.88. The number of rotatable bonds is 7. The molecule has 154 valence electrons. The van der Waals surface area contributed by atoms with Crippen molar-refractivity contribution in [1.82, 2.24) is 14.8 Å². The van der Waals surface area contributed by atoms with Crippen LogP contribution < -0.4 is 5.32 Å². The molecule has 0 radical (unpaired) electrons. The largest absolute Gasteiger partial charge is 0.320 e. The van der Waals surface area contributed by atoms with E-state index in [2.05, 4.69) is 44.3 Å². The molecule has 1 N–H and O–H groups in total. The van der Waals surface area contributed by atoms with Crippen molar-refractivity contribution in [2.24, 2.45) is 0 Å². The highest BCUT2D eigenvalue weighted by atomic mass is 79.9. The number of pyridine rings is 1. The fourth-order valence-corrected chi connectivity index (χ4v) is 3.83. The first-order chi connectivity index (χ1) is 14.4. The Hall–Kier alpha value is -2.69. The van der Waals surface area contributed by atoms with E-state index in [-0.39, 0.29) is 5.91 Å². The summed E-state index contributed by atoms with van der Waals surface area (Å²) >= 11 is 9.59. The van der Waals surface area contributed by atoms with E-state index in [1.807, 2.05) is 13.0 Å². The van der Waals surface area contributed by atoms with Crippen LogP contribution in [0.15, 0.2) is 41.1 Å². The van der Waals surface area contributed by atoms with Crippen molar-refractivity contribution in [3.8, 4) is 11.9 Å². The Morgan fingerprint density at radius 2 is 2.13 bits per heavy atom. The predicted octanol–water partition coefficient (Wildman–Crippen LogP) is 5.85. The van der Waals surface area contributed by atoms with Crippen LogP contribution in [0.2, 0.25) is 5.02 Å². The lowest BCUT2D eigenvalue weighted by atomic mass is 9.99. The summed E-state index contributed by atoms with van der Waals surface area (Å²) in [6.45, 7) is 4.03. The molecule has 0 aliphatic rings. The Bertz CT molecular complexity index is 1120. The topological polar surface area (TPSA) is 83.6 Å². The molecule has 1 amide bonds. The van der Waals surface area contributed by atoms with E-state index >= 15 is 0 Å². The van der Waals surface area contributed by atoms with E-state index in [0.29, 0.717) is 26.7 Å². The summed E-state index contributed by atoms with van der Waals surface area (Å²) in [5.74, 6) is 0.0363. The second-order valence-electron chi connectivity index (χ2n) is 6.92. The van der Waals surface area contributed by atoms with Crippen LogP contribution in [0, 0.1) is 18.3 Å². The third-order valence-corrected chi connectivity index (χ3v) is 5.37. The molecule has 3 aromatic rings. The summed E-state index contributed by atoms with van der Waals surface area (Å²) in [7, 11) is 0. The highest BCUT2D eigenvalue weighted by Gasteiger charge is 2.20. The Balaban J connectivity index is 1.97. The number of benzene rings is 1. The van der Waals surface area contributed by atoms with Gasteiger partial charge in [0.1, 0.15) is 10.3 Å². The average Bonchev–Trinajstić information content (AvgIpc) is 3.12. The first-order valence-electron chi connectivity index (χ1n) is 9.66. The number of aromatic nitrogens is 3. The number of nitrogens with zero attached hydrogens (tertiary/aromatic N) is 4. The highest BCUT2D eigenvalue weighted by molar-refractivity contribution is 9.10. The van der Waals surface area contributed by atoms with E-state index in [0.717, 1.165) is 42.5 Å². The van der Waals surface area contributed by atoms with E-state index in [1.165, 1.54) is 4.68 Å². The minimum absolute atomic E-state index is 0.297. The van der Waals surface area contributed by atoms with Crippen LogP contribution in [0.1, 0.15) is 53.4 Å². The van der Waals surface area contributed by atoms with Crippen LogP contribution in [0.5, 0.6) is 0 Å². The van der Waals surface area contributed by atoms with Gasteiger partial charge in [0.2, 0.25) is 0 Å². The molecule has 8 heteroatoms. The van der Waals surface area contributed by atoms with Crippen LogP contribution in [-0.2, 0) is 6.42 Å². The summed E-state index contributed by atoms with van der Waals surface area (Å²) < 4.78 is 1.91. The molecule has 0 saturated carbocycles. The summed E-state index contributed by atoms with van der Waals surface area (Å²) in [5.41, 5.74) is 3.41. The quantitative estimate of drug-likeness (QED) is 0.425. The average molecular weight is 487 g/mol. The van der Waals surface area contributed by atoms with Crippen molar-refractivity contribution in [3.63, 3.8) is 0 Å². The molecule has 6 nitrogen and oxygen atoms in total. The molecule has 0 aliphatic heterocycles. The first-order valence-corrected chi connectivity index (χ1v) is 10.8. The first kappa shape index (κ1) is 22.0. The number of carbonyl (C=O) groups excluding carboxylic acids is 1. The third kappa shape index (κ3) is 4.89. The van der Waals surface area contributed by atoms with Gasteiger partial charge in [0, 0.05) is 18.0 Å². The summed E-state index contributed by atoms with van der Waals surface area (Å²) in [5, 5.41) is 17.0. The SMILES string of the molecule is CCCCCc1cc(C#N)cc(C)c1NC(=O)c1cc(Br)nn1-c1ncccc1Cl. The van der Waals surface area contributed by atoms with E-state index in [4.69, 9.17) is 11.6 Å². The number of halogens is 2. The molecule has 30 heavy (non-hydrogen) atoms. The van der Waals surface area contributed by atoms with E-state index < -0.39 is 0 Å². The molecule has 0 fully saturated rings. The molecule has 0 unspecified atom stereocenters. The number of nitriles is 1. The van der Waals surface area contributed by atoms with Gasteiger partial charge in [0.25, 0.3) is 5.91 Å². The van der Waals surface area contributed by atoms with Crippen molar-refractivity contribution < 1.29 is 4.79 Å². The maximum absolute atomic E-state index is 13.2. The van der Waals surface area contributed by atoms with Crippen molar-refractivity contribution in [2.45, 2.75) is 39.5 Å². The van der Waals surface area contributed by atoms with Gasteiger partial charge in [-0.2, -0.15) is 10.4 Å². The molecule has 0 atom stereocenters. The maximum atomic E-state index is 13.2. The van der Waals surface area contributed by atoms with Crippen LogP contribution >= 0.6 is 27.5 Å². The predicted molar refractivity (Wildman–Crippen MR) is 121 cm³/mol. The van der Waals surface area contributed by atoms with Crippen LogP contribution in [0.3, 0.4) is 0 Å². The Kier molecular flexibility index (Phi) is 7.24. The summed E-state index contributed by atoms with van der Waals surface area (Å²) in [6, 6.07) is 10.9. The molecule has 1 aromatic carbocycles. The molecule has 0 spiro atoms. The number of nitrogens with one attached hydrogen (secondary N) is 1. The van der Waals surface area contributed by atoms with Crippen molar-refractivity contribution in [1.29, 1.82) is 5.26 Å². The lowest BCUT2D eigenvalue weighted by Gasteiger charge is -2.15. The number of anilines is 1. The molecular weight excluding hydrogens is 466 g/mol. The van der Waals surface area contributed by atoms with E-state index in [9.17, 15) is 10.1 Å². The molecule has 0 bridgehead atoms. The smallest absolute Gasteiger partial charge is 0.274 e. The van der Waals surface area contributed by atoms with E-state index in [1.54, 1.807) is 30.5 Å². The Labute approximate surface area is 189 Å². The lowest BCUT2D eigenvalue weighted by Crippen LogP contribution is -2.19. The number of aryl methyl sites for hydroxylation is 2.